The highest BCUT2D eigenvalue weighted by Crippen LogP contribution is 2.39. The molecule has 6 N–H and O–H groups in total. The standard InChI is InChI=1S/C26H26N6O6S/c1-3-38-19(33)13-30-25(35)22(15-12-29-16-9-5-4-8-14(15)16)32(17-10-6-7-11-18(17)37-2)26(36)23-20(27)21(24(28)34)31-39-23/h4-12,22,29H,3,13,27H2,1-2H3,(H2,28,34)(H,30,35)/t22-/m0/s1. The van der Waals surface area contributed by atoms with Crippen molar-refractivity contribution in [3.05, 3.63) is 70.9 Å². The second-order valence-electron chi connectivity index (χ2n) is 8.20. The summed E-state index contributed by atoms with van der Waals surface area (Å²) in [6.45, 7) is 1.36. The summed E-state index contributed by atoms with van der Waals surface area (Å²) in [5.41, 5.74) is 12.4. The molecule has 3 amide bonds. The lowest BCUT2D eigenvalue weighted by Gasteiger charge is -2.31. The van der Waals surface area contributed by atoms with E-state index in [-0.39, 0.29) is 34.3 Å². The first-order valence-corrected chi connectivity index (χ1v) is 12.6. The summed E-state index contributed by atoms with van der Waals surface area (Å²) >= 11 is 0.682. The van der Waals surface area contributed by atoms with Crippen LogP contribution in [0.1, 0.15) is 38.7 Å². The Labute approximate surface area is 227 Å². The number of anilines is 2. The summed E-state index contributed by atoms with van der Waals surface area (Å²) in [5, 5.41) is 3.24. The molecule has 0 aliphatic rings. The first-order valence-electron chi connectivity index (χ1n) is 11.8. The van der Waals surface area contributed by atoms with Crippen LogP contribution in [0.3, 0.4) is 0 Å². The molecule has 4 aromatic rings. The van der Waals surface area contributed by atoms with Crippen molar-refractivity contribution in [2.45, 2.75) is 13.0 Å². The van der Waals surface area contributed by atoms with Gasteiger partial charge < -0.3 is 31.2 Å². The molecule has 0 saturated heterocycles. The normalized spacial score (nSPS) is 11.5. The van der Waals surface area contributed by atoms with Crippen LogP contribution in [0.15, 0.2) is 54.7 Å². The summed E-state index contributed by atoms with van der Waals surface area (Å²) in [5.74, 6) is -2.66. The molecule has 1 atom stereocenters. The lowest BCUT2D eigenvalue weighted by Crippen LogP contribution is -2.45. The number of aromatic nitrogens is 2. The zero-order valence-corrected chi connectivity index (χ0v) is 21.9. The zero-order chi connectivity index (χ0) is 28.1. The predicted molar refractivity (Wildman–Crippen MR) is 146 cm³/mol. The van der Waals surface area contributed by atoms with Gasteiger partial charge >= 0.3 is 5.97 Å². The first-order chi connectivity index (χ1) is 18.8. The SMILES string of the molecule is CCOC(=O)CNC(=O)[C@H](c1c[nH]c2ccccc12)N(C(=O)c1snc(C(N)=O)c1N)c1ccccc1OC. The molecule has 0 aliphatic carbocycles. The number of aromatic amines is 1. The van der Waals surface area contributed by atoms with E-state index in [0.717, 1.165) is 5.52 Å². The van der Waals surface area contributed by atoms with Gasteiger partial charge in [0.15, 0.2) is 5.69 Å². The van der Waals surface area contributed by atoms with Crippen LogP contribution in [0.25, 0.3) is 10.9 Å². The molecular weight excluding hydrogens is 524 g/mol. The summed E-state index contributed by atoms with van der Waals surface area (Å²) < 4.78 is 14.4. The lowest BCUT2D eigenvalue weighted by atomic mass is 10.0. The molecule has 0 radical (unpaired) electrons. The predicted octanol–water partition coefficient (Wildman–Crippen LogP) is 2.38. The molecule has 2 aromatic carbocycles. The van der Waals surface area contributed by atoms with E-state index >= 15 is 0 Å². The highest BCUT2D eigenvalue weighted by molar-refractivity contribution is 7.09. The number of H-pyrrole nitrogens is 1. The number of benzene rings is 2. The summed E-state index contributed by atoms with van der Waals surface area (Å²) in [4.78, 5) is 56.2. The molecule has 0 unspecified atom stereocenters. The van der Waals surface area contributed by atoms with E-state index in [1.807, 2.05) is 12.1 Å². The first kappa shape index (κ1) is 27.1. The van der Waals surface area contributed by atoms with Gasteiger partial charge in [-0.25, -0.2) is 0 Å². The molecule has 2 heterocycles. The minimum Gasteiger partial charge on any atom is -0.495 e. The van der Waals surface area contributed by atoms with Crippen LogP contribution in [0.4, 0.5) is 11.4 Å². The van der Waals surface area contributed by atoms with Gasteiger partial charge in [-0.15, -0.1) is 0 Å². The smallest absolute Gasteiger partial charge is 0.325 e. The van der Waals surface area contributed by atoms with Crippen molar-refractivity contribution in [1.82, 2.24) is 14.7 Å². The van der Waals surface area contributed by atoms with E-state index < -0.39 is 36.3 Å². The van der Waals surface area contributed by atoms with Crippen molar-refractivity contribution in [1.29, 1.82) is 0 Å². The second kappa shape index (κ2) is 11.6. The fraction of sp³-hybridized carbons (Fsp3) is 0.192. The maximum atomic E-state index is 14.2. The Morgan fingerprint density at radius 2 is 1.85 bits per heavy atom. The number of hydrogen-bond donors (Lipinski definition) is 4. The molecule has 12 nitrogen and oxygen atoms in total. The van der Waals surface area contributed by atoms with E-state index in [0.29, 0.717) is 22.5 Å². The Hall–Kier alpha value is -4.91. The molecule has 13 heteroatoms. The molecule has 0 bridgehead atoms. The average molecular weight is 551 g/mol. The molecule has 39 heavy (non-hydrogen) atoms. The summed E-state index contributed by atoms with van der Waals surface area (Å²) in [7, 11) is 1.43. The zero-order valence-electron chi connectivity index (χ0n) is 21.1. The van der Waals surface area contributed by atoms with Crippen molar-refractivity contribution in [3.63, 3.8) is 0 Å². The number of nitrogens with one attached hydrogen (secondary N) is 2. The number of hydrogen-bond acceptors (Lipinski definition) is 9. The van der Waals surface area contributed by atoms with Crippen LogP contribution in [0.2, 0.25) is 0 Å². The van der Waals surface area contributed by atoms with Crippen molar-refractivity contribution in [2.24, 2.45) is 5.73 Å². The maximum absolute atomic E-state index is 14.2. The van der Waals surface area contributed by atoms with Gasteiger partial charge in [0.25, 0.3) is 11.8 Å². The van der Waals surface area contributed by atoms with E-state index in [1.165, 1.54) is 12.0 Å². The van der Waals surface area contributed by atoms with Gasteiger partial charge in [0.1, 0.15) is 23.2 Å². The van der Waals surface area contributed by atoms with Crippen molar-refractivity contribution in [2.75, 3.05) is 30.9 Å². The van der Waals surface area contributed by atoms with E-state index in [9.17, 15) is 19.2 Å². The Balaban J connectivity index is 1.93. The fourth-order valence-electron chi connectivity index (χ4n) is 4.12. The number of nitrogens with two attached hydrogens (primary N) is 2. The number of nitrogen functional groups attached to an aromatic ring is 1. The van der Waals surface area contributed by atoms with Gasteiger partial charge in [-0.3, -0.25) is 24.1 Å². The highest BCUT2D eigenvalue weighted by atomic mass is 32.1. The van der Waals surface area contributed by atoms with Gasteiger partial charge in [-0.2, -0.15) is 4.37 Å². The Bertz CT molecular complexity index is 1550. The largest absolute Gasteiger partial charge is 0.495 e. The number of primary amides is 1. The number of carbonyl (C=O) groups excluding carboxylic acids is 4. The van der Waals surface area contributed by atoms with Gasteiger partial charge in [0.2, 0.25) is 5.91 Å². The number of nitrogens with zero attached hydrogens (tertiary/aromatic N) is 2. The van der Waals surface area contributed by atoms with Crippen LogP contribution in [-0.4, -0.2) is 53.3 Å². The maximum Gasteiger partial charge on any atom is 0.325 e. The number of ether oxygens (including phenoxy) is 2. The van der Waals surface area contributed by atoms with Gasteiger partial charge in [-0.05, 0) is 36.7 Å². The van der Waals surface area contributed by atoms with Crippen molar-refractivity contribution < 1.29 is 28.7 Å². The Morgan fingerprint density at radius 3 is 2.54 bits per heavy atom. The average Bonchev–Trinajstić information content (AvgIpc) is 3.54. The van der Waals surface area contributed by atoms with Crippen LogP contribution in [-0.2, 0) is 14.3 Å². The van der Waals surface area contributed by atoms with Crippen LogP contribution >= 0.6 is 11.5 Å². The minimum atomic E-state index is -1.32. The van der Waals surface area contributed by atoms with E-state index in [1.54, 1.807) is 49.5 Å². The summed E-state index contributed by atoms with van der Waals surface area (Å²) in [6.07, 6.45) is 1.61. The number of carbonyl (C=O) groups is 4. The molecule has 4 rings (SSSR count). The number of methoxy groups -OCH3 is 1. The third-order valence-corrected chi connectivity index (χ3v) is 6.70. The van der Waals surface area contributed by atoms with E-state index in [2.05, 4.69) is 14.7 Å². The van der Waals surface area contributed by atoms with E-state index in [4.69, 9.17) is 20.9 Å². The van der Waals surface area contributed by atoms with Crippen molar-refractivity contribution in [3.8, 4) is 5.75 Å². The number of fused-ring (bicyclic) bond motifs is 1. The third kappa shape index (κ3) is 5.38. The molecule has 0 fully saturated rings. The van der Waals surface area contributed by atoms with Gasteiger partial charge in [0, 0.05) is 22.7 Å². The Kier molecular flexibility index (Phi) is 8.10. The molecule has 202 valence electrons. The molecule has 0 saturated carbocycles. The topological polar surface area (TPSA) is 183 Å². The van der Waals surface area contributed by atoms with Crippen LogP contribution in [0.5, 0.6) is 5.75 Å². The van der Waals surface area contributed by atoms with Crippen LogP contribution < -0.4 is 26.4 Å². The molecule has 0 spiro atoms. The lowest BCUT2D eigenvalue weighted by molar-refractivity contribution is -0.143. The number of rotatable bonds is 10. The number of amides is 3. The third-order valence-electron chi connectivity index (χ3n) is 5.85. The number of esters is 1. The second-order valence-corrected chi connectivity index (χ2v) is 8.97. The van der Waals surface area contributed by atoms with Gasteiger partial charge in [0.05, 0.1) is 25.1 Å². The Morgan fingerprint density at radius 1 is 1.13 bits per heavy atom. The summed E-state index contributed by atoms with van der Waals surface area (Å²) in [6, 6.07) is 12.5. The fourth-order valence-corrected chi connectivity index (χ4v) is 4.86. The molecule has 0 aliphatic heterocycles. The monoisotopic (exact) mass is 550 g/mol. The molecular formula is C26H26N6O6S. The van der Waals surface area contributed by atoms with Crippen LogP contribution in [0, 0.1) is 0 Å². The quantitative estimate of drug-likeness (QED) is 0.217. The van der Waals surface area contributed by atoms with Crippen molar-refractivity contribution >= 4 is 57.5 Å². The van der Waals surface area contributed by atoms with Gasteiger partial charge in [-0.1, -0.05) is 30.3 Å². The number of para-hydroxylation sites is 3. The minimum absolute atomic E-state index is 0.0993. The highest BCUT2D eigenvalue weighted by Gasteiger charge is 2.38. The molecule has 2 aromatic heterocycles.